The molecule has 1 fully saturated rings. The van der Waals surface area contributed by atoms with Gasteiger partial charge in [-0.1, -0.05) is 48.3 Å². The van der Waals surface area contributed by atoms with Crippen molar-refractivity contribution in [1.29, 1.82) is 0 Å². The topological polar surface area (TPSA) is 57.0 Å². The third-order valence-corrected chi connectivity index (χ3v) is 5.45. The highest BCUT2D eigenvalue weighted by molar-refractivity contribution is 7.99. The van der Waals surface area contributed by atoms with Crippen LogP contribution in [0, 0.1) is 0 Å². The van der Waals surface area contributed by atoms with Gasteiger partial charge in [-0.3, -0.25) is 9.36 Å². The lowest BCUT2D eigenvalue weighted by Gasteiger charge is -2.20. The maximum absolute atomic E-state index is 12.1. The average Bonchev–Trinajstić information content (AvgIpc) is 3.21. The Morgan fingerprint density at radius 1 is 1.27 bits per heavy atom. The summed E-state index contributed by atoms with van der Waals surface area (Å²) in [6, 6.07) is 8.01. The Balaban J connectivity index is 1.86. The average molecular weight is 394 g/mol. The Morgan fingerprint density at radius 2 is 1.96 bits per heavy atom. The summed E-state index contributed by atoms with van der Waals surface area (Å²) in [6.07, 6.45) is 4.58. The minimum absolute atomic E-state index is 0.213. The van der Waals surface area contributed by atoms with Gasteiger partial charge in [-0.25, -0.2) is 0 Å². The maximum atomic E-state index is 12.1. The molecule has 0 amide bonds. The van der Waals surface area contributed by atoms with E-state index >= 15 is 0 Å². The standard InChI is InChI=1S/C19H24ClN3O2S/c1-19(2,3)25-16(24)12-26-18-22-21-17(14-10-6-7-11-15(14)20)23(18)13-8-4-5-9-13/h6-7,10-11,13H,4-5,8-9,12H2,1-3H3. The molecule has 0 saturated heterocycles. The summed E-state index contributed by atoms with van der Waals surface area (Å²) in [5.74, 6) is 0.738. The van der Waals surface area contributed by atoms with Gasteiger partial charge in [0.15, 0.2) is 11.0 Å². The van der Waals surface area contributed by atoms with Crippen molar-refractivity contribution in [3.8, 4) is 11.4 Å². The molecule has 1 aromatic heterocycles. The summed E-state index contributed by atoms with van der Waals surface area (Å²) in [4.78, 5) is 12.1. The Hall–Kier alpha value is -1.53. The van der Waals surface area contributed by atoms with Crippen LogP contribution in [0.5, 0.6) is 0 Å². The minimum Gasteiger partial charge on any atom is -0.459 e. The van der Waals surface area contributed by atoms with Crippen LogP contribution in [0.25, 0.3) is 11.4 Å². The Kier molecular flexibility index (Phi) is 5.92. The number of carbonyl (C=O) groups excluding carboxylic acids is 1. The Morgan fingerprint density at radius 3 is 2.62 bits per heavy atom. The van der Waals surface area contributed by atoms with Crippen molar-refractivity contribution in [2.75, 3.05) is 5.75 Å². The lowest BCUT2D eigenvalue weighted by Crippen LogP contribution is -2.25. The fraction of sp³-hybridized carbons (Fsp3) is 0.526. The zero-order valence-corrected chi connectivity index (χ0v) is 16.9. The number of hydrogen-bond donors (Lipinski definition) is 0. The van der Waals surface area contributed by atoms with Crippen molar-refractivity contribution in [1.82, 2.24) is 14.8 Å². The van der Waals surface area contributed by atoms with Crippen molar-refractivity contribution in [2.24, 2.45) is 0 Å². The number of carbonyl (C=O) groups is 1. The molecule has 1 aromatic carbocycles. The van der Waals surface area contributed by atoms with Crippen LogP contribution in [0.3, 0.4) is 0 Å². The van der Waals surface area contributed by atoms with Crippen molar-refractivity contribution < 1.29 is 9.53 Å². The van der Waals surface area contributed by atoms with Gasteiger partial charge in [0.25, 0.3) is 0 Å². The number of aromatic nitrogens is 3. The van der Waals surface area contributed by atoms with E-state index in [1.807, 2.05) is 45.0 Å². The molecule has 0 aliphatic heterocycles. The van der Waals surface area contributed by atoms with Crippen LogP contribution in [0.4, 0.5) is 0 Å². The van der Waals surface area contributed by atoms with Crippen LogP contribution in [0.15, 0.2) is 29.4 Å². The van der Waals surface area contributed by atoms with E-state index in [0.717, 1.165) is 29.4 Å². The fourth-order valence-electron chi connectivity index (χ4n) is 3.19. The minimum atomic E-state index is -0.487. The van der Waals surface area contributed by atoms with Gasteiger partial charge in [0, 0.05) is 11.6 Å². The molecular weight excluding hydrogens is 370 g/mol. The van der Waals surface area contributed by atoms with Gasteiger partial charge >= 0.3 is 5.97 Å². The number of thioether (sulfide) groups is 1. The summed E-state index contributed by atoms with van der Waals surface area (Å²) in [6.45, 7) is 5.60. The molecule has 1 saturated carbocycles. The van der Waals surface area contributed by atoms with E-state index in [1.165, 1.54) is 24.6 Å². The molecule has 5 nitrogen and oxygen atoms in total. The smallest absolute Gasteiger partial charge is 0.316 e. The summed E-state index contributed by atoms with van der Waals surface area (Å²) < 4.78 is 7.55. The highest BCUT2D eigenvalue weighted by Crippen LogP contribution is 2.38. The first-order valence-corrected chi connectivity index (χ1v) is 10.3. The lowest BCUT2D eigenvalue weighted by atomic mass is 10.2. The molecule has 26 heavy (non-hydrogen) atoms. The van der Waals surface area contributed by atoms with E-state index in [4.69, 9.17) is 16.3 Å². The highest BCUT2D eigenvalue weighted by Gasteiger charge is 2.26. The quantitative estimate of drug-likeness (QED) is 0.519. The SMILES string of the molecule is CC(C)(C)OC(=O)CSc1nnc(-c2ccccc2Cl)n1C1CCCC1. The fourth-order valence-corrected chi connectivity index (χ4v) is 4.19. The molecular formula is C19H24ClN3O2S. The van der Waals surface area contributed by atoms with Gasteiger partial charge in [-0.2, -0.15) is 0 Å². The first-order valence-electron chi connectivity index (χ1n) is 8.89. The zero-order chi connectivity index (χ0) is 18.7. The molecule has 140 valence electrons. The first-order chi connectivity index (χ1) is 12.3. The van der Waals surface area contributed by atoms with E-state index in [-0.39, 0.29) is 11.7 Å². The summed E-state index contributed by atoms with van der Waals surface area (Å²) in [7, 11) is 0. The summed E-state index contributed by atoms with van der Waals surface area (Å²) >= 11 is 7.76. The third-order valence-electron chi connectivity index (χ3n) is 4.21. The largest absolute Gasteiger partial charge is 0.459 e. The molecule has 1 heterocycles. The van der Waals surface area contributed by atoms with Crippen LogP contribution in [0.2, 0.25) is 5.02 Å². The Bertz CT molecular complexity index is 779. The van der Waals surface area contributed by atoms with Crippen LogP contribution in [0.1, 0.15) is 52.5 Å². The number of halogens is 1. The predicted molar refractivity (Wildman–Crippen MR) is 105 cm³/mol. The molecule has 0 spiro atoms. The molecule has 0 bridgehead atoms. The lowest BCUT2D eigenvalue weighted by molar-refractivity contribution is -0.151. The predicted octanol–water partition coefficient (Wildman–Crippen LogP) is 5.15. The zero-order valence-electron chi connectivity index (χ0n) is 15.4. The molecule has 0 atom stereocenters. The molecule has 0 radical (unpaired) electrons. The number of rotatable bonds is 5. The van der Waals surface area contributed by atoms with E-state index in [2.05, 4.69) is 14.8 Å². The molecule has 7 heteroatoms. The molecule has 0 N–H and O–H groups in total. The number of hydrogen-bond acceptors (Lipinski definition) is 5. The molecule has 1 aliphatic carbocycles. The van der Waals surface area contributed by atoms with Crippen LogP contribution in [-0.2, 0) is 9.53 Å². The van der Waals surface area contributed by atoms with Gasteiger partial charge in [-0.15, -0.1) is 10.2 Å². The first kappa shape index (κ1) is 19.2. The van der Waals surface area contributed by atoms with Crippen molar-refractivity contribution in [3.63, 3.8) is 0 Å². The summed E-state index contributed by atoms with van der Waals surface area (Å²) in [5.41, 5.74) is 0.386. The molecule has 3 rings (SSSR count). The van der Waals surface area contributed by atoms with E-state index < -0.39 is 5.60 Å². The van der Waals surface area contributed by atoms with Gasteiger partial charge < -0.3 is 4.74 Å². The molecule has 0 unspecified atom stereocenters. The second-order valence-corrected chi connectivity index (χ2v) is 8.82. The number of benzene rings is 1. The van der Waals surface area contributed by atoms with Gasteiger partial charge in [0.05, 0.1) is 10.8 Å². The van der Waals surface area contributed by atoms with Gasteiger partial charge in [-0.05, 0) is 45.7 Å². The van der Waals surface area contributed by atoms with Crippen LogP contribution in [-0.4, -0.2) is 32.1 Å². The monoisotopic (exact) mass is 393 g/mol. The second-order valence-electron chi connectivity index (χ2n) is 7.47. The van der Waals surface area contributed by atoms with Crippen LogP contribution < -0.4 is 0 Å². The van der Waals surface area contributed by atoms with Gasteiger partial charge in [0.1, 0.15) is 5.60 Å². The third kappa shape index (κ3) is 4.60. The molecule has 1 aliphatic rings. The number of ether oxygens (including phenoxy) is 1. The van der Waals surface area contributed by atoms with Gasteiger partial charge in [0.2, 0.25) is 0 Å². The van der Waals surface area contributed by atoms with Crippen molar-refractivity contribution >= 4 is 29.3 Å². The Labute approximate surface area is 163 Å². The van der Waals surface area contributed by atoms with Crippen molar-refractivity contribution in [2.45, 2.75) is 63.3 Å². The highest BCUT2D eigenvalue weighted by atomic mass is 35.5. The number of esters is 1. The normalized spacial score (nSPS) is 15.4. The molecule has 2 aromatic rings. The van der Waals surface area contributed by atoms with E-state index in [1.54, 1.807) is 0 Å². The summed E-state index contributed by atoms with van der Waals surface area (Å²) in [5, 5.41) is 10.2. The second kappa shape index (κ2) is 8.01. The van der Waals surface area contributed by atoms with E-state index in [9.17, 15) is 4.79 Å². The maximum Gasteiger partial charge on any atom is 0.316 e. The van der Waals surface area contributed by atoms with E-state index in [0.29, 0.717) is 11.1 Å². The van der Waals surface area contributed by atoms with Crippen LogP contribution >= 0.6 is 23.4 Å². The van der Waals surface area contributed by atoms with Crippen molar-refractivity contribution in [3.05, 3.63) is 29.3 Å². The number of nitrogens with zero attached hydrogens (tertiary/aromatic N) is 3.